The fourth-order valence-corrected chi connectivity index (χ4v) is 2.94. The van der Waals surface area contributed by atoms with Crippen molar-refractivity contribution in [2.75, 3.05) is 17.3 Å². The summed E-state index contributed by atoms with van der Waals surface area (Å²) in [5.41, 5.74) is -0.420. The maximum absolute atomic E-state index is 13.4. The van der Waals surface area contributed by atoms with E-state index < -0.39 is 23.5 Å². The lowest BCUT2D eigenvalue weighted by Crippen LogP contribution is -2.28. The molecule has 3 aromatic rings. The second-order valence-electron chi connectivity index (χ2n) is 7.09. The van der Waals surface area contributed by atoms with E-state index in [1.807, 2.05) is 0 Å². The third-order valence-electron chi connectivity index (χ3n) is 4.73. The zero-order chi connectivity index (χ0) is 22.2. The molecule has 0 saturated heterocycles. The zero-order valence-corrected chi connectivity index (χ0v) is 16.3. The van der Waals surface area contributed by atoms with Crippen molar-refractivity contribution in [3.8, 4) is 11.5 Å². The normalized spacial score (nSPS) is 13.7. The van der Waals surface area contributed by atoms with Crippen molar-refractivity contribution in [1.29, 1.82) is 0 Å². The number of carbonyl (C=O) groups excluding carboxylic acids is 2. The van der Waals surface area contributed by atoms with Crippen LogP contribution in [0.5, 0.6) is 0 Å². The molecule has 31 heavy (non-hydrogen) atoms. The van der Waals surface area contributed by atoms with E-state index in [1.165, 1.54) is 35.4 Å². The van der Waals surface area contributed by atoms with Crippen LogP contribution in [0.15, 0.2) is 53.1 Å². The molecule has 2 heterocycles. The van der Waals surface area contributed by atoms with Crippen LogP contribution >= 0.6 is 0 Å². The van der Waals surface area contributed by atoms with Gasteiger partial charge in [-0.3, -0.25) is 14.5 Å². The van der Waals surface area contributed by atoms with Gasteiger partial charge in [0.15, 0.2) is 5.69 Å². The molecule has 0 bridgehead atoms. The molecule has 7 nitrogen and oxygen atoms in total. The molecule has 1 saturated carbocycles. The Morgan fingerprint density at radius 1 is 1.13 bits per heavy atom. The number of alkyl halides is 3. The van der Waals surface area contributed by atoms with Crippen LogP contribution in [0.2, 0.25) is 0 Å². The monoisotopic (exact) mass is 430 g/mol. The van der Waals surface area contributed by atoms with E-state index in [0.29, 0.717) is 11.4 Å². The Morgan fingerprint density at radius 3 is 2.42 bits per heavy atom. The molecule has 0 spiro atoms. The van der Waals surface area contributed by atoms with Gasteiger partial charge in [-0.25, -0.2) is 9.97 Å². The quantitative estimate of drug-likeness (QED) is 0.649. The lowest BCUT2D eigenvalue weighted by molar-refractivity contribution is -0.153. The van der Waals surface area contributed by atoms with Gasteiger partial charge < -0.3 is 9.73 Å². The molecule has 2 aromatic heterocycles. The molecule has 0 aliphatic heterocycles. The zero-order valence-electron chi connectivity index (χ0n) is 16.3. The van der Waals surface area contributed by atoms with Gasteiger partial charge in [0.1, 0.15) is 5.82 Å². The molecule has 1 N–H and O–H groups in total. The third kappa shape index (κ3) is 4.42. The van der Waals surface area contributed by atoms with Crippen LogP contribution in [0.25, 0.3) is 11.5 Å². The first kappa shape index (κ1) is 20.6. The van der Waals surface area contributed by atoms with Crippen LogP contribution in [-0.2, 0) is 11.0 Å². The van der Waals surface area contributed by atoms with Crippen LogP contribution in [0, 0.1) is 5.92 Å². The Morgan fingerprint density at radius 2 is 1.84 bits per heavy atom. The van der Waals surface area contributed by atoms with Crippen molar-refractivity contribution in [2.24, 2.45) is 5.92 Å². The summed E-state index contributed by atoms with van der Waals surface area (Å²) < 4.78 is 45.1. The molecular weight excluding hydrogens is 413 g/mol. The molecule has 1 aromatic carbocycles. The summed E-state index contributed by atoms with van der Waals surface area (Å²) in [5.74, 6) is -2.54. The van der Waals surface area contributed by atoms with Crippen molar-refractivity contribution < 1.29 is 27.2 Å². The number of hydrogen-bond acceptors (Lipinski definition) is 5. The van der Waals surface area contributed by atoms with Gasteiger partial charge in [0.2, 0.25) is 17.6 Å². The summed E-state index contributed by atoms with van der Waals surface area (Å²) >= 11 is 0. The minimum absolute atomic E-state index is 0.0120. The number of benzene rings is 1. The number of anilines is 2. The summed E-state index contributed by atoms with van der Waals surface area (Å²) in [6.45, 7) is 0. The summed E-state index contributed by atoms with van der Waals surface area (Å²) in [6.07, 6.45) is -1.95. The van der Waals surface area contributed by atoms with Gasteiger partial charge >= 0.3 is 6.18 Å². The van der Waals surface area contributed by atoms with Crippen LogP contribution in [-0.4, -0.2) is 28.8 Å². The average molecular weight is 430 g/mol. The number of nitrogens with one attached hydrogen (secondary N) is 1. The Hall–Kier alpha value is -3.69. The molecule has 1 fully saturated rings. The van der Waals surface area contributed by atoms with E-state index in [0.717, 1.165) is 12.8 Å². The van der Waals surface area contributed by atoms with Gasteiger partial charge in [-0.1, -0.05) is 18.2 Å². The highest BCUT2D eigenvalue weighted by Gasteiger charge is 2.42. The van der Waals surface area contributed by atoms with Crippen LogP contribution < -0.4 is 10.2 Å². The van der Waals surface area contributed by atoms with Crippen LogP contribution in [0.4, 0.5) is 24.7 Å². The predicted octanol–water partition coefficient (Wildman–Crippen LogP) is 4.38. The number of halogens is 3. The predicted molar refractivity (Wildman–Crippen MR) is 105 cm³/mol. The molecule has 0 radical (unpaired) electrons. The highest BCUT2D eigenvalue weighted by Crippen LogP contribution is 2.36. The SMILES string of the molecule is CN(C(=O)C1CC1)c1ccc(NC(=O)c2nc(-c3ccccc3)oc2C(F)(F)F)cn1. The summed E-state index contributed by atoms with van der Waals surface area (Å²) in [5, 5.41) is 2.34. The molecule has 0 unspecified atom stereocenters. The lowest BCUT2D eigenvalue weighted by atomic mass is 10.2. The number of amides is 2. The number of rotatable bonds is 5. The first-order valence-electron chi connectivity index (χ1n) is 9.42. The molecule has 160 valence electrons. The van der Waals surface area contributed by atoms with Crippen molar-refractivity contribution >= 4 is 23.3 Å². The van der Waals surface area contributed by atoms with E-state index in [-0.39, 0.29) is 23.4 Å². The Balaban J connectivity index is 1.55. The molecule has 0 atom stereocenters. The molecule has 2 amide bonds. The van der Waals surface area contributed by atoms with Crippen molar-refractivity contribution in [1.82, 2.24) is 9.97 Å². The van der Waals surface area contributed by atoms with Crippen LogP contribution in [0.3, 0.4) is 0 Å². The largest absolute Gasteiger partial charge is 0.452 e. The topological polar surface area (TPSA) is 88.3 Å². The number of hydrogen-bond donors (Lipinski definition) is 1. The second kappa shape index (κ2) is 7.86. The van der Waals surface area contributed by atoms with Crippen LogP contribution in [0.1, 0.15) is 29.1 Å². The highest BCUT2D eigenvalue weighted by atomic mass is 19.4. The van der Waals surface area contributed by atoms with E-state index in [1.54, 1.807) is 25.2 Å². The van der Waals surface area contributed by atoms with E-state index in [4.69, 9.17) is 4.42 Å². The van der Waals surface area contributed by atoms with Crippen molar-refractivity contribution in [3.05, 3.63) is 60.1 Å². The number of carbonyl (C=O) groups is 2. The fourth-order valence-electron chi connectivity index (χ4n) is 2.94. The lowest BCUT2D eigenvalue weighted by Gasteiger charge is -2.16. The Labute approximate surface area is 174 Å². The number of nitrogens with zero attached hydrogens (tertiary/aromatic N) is 3. The fraction of sp³-hybridized carbons (Fsp3) is 0.238. The molecule has 1 aliphatic carbocycles. The first-order valence-corrected chi connectivity index (χ1v) is 9.42. The first-order chi connectivity index (χ1) is 14.7. The summed E-state index contributed by atoms with van der Waals surface area (Å²) in [7, 11) is 1.59. The van der Waals surface area contributed by atoms with Gasteiger partial charge in [0.25, 0.3) is 5.91 Å². The van der Waals surface area contributed by atoms with Gasteiger partial charge in [-0.15, -0.1) is 0 Å². The average Bonchev–Trinajstić information content (AvgIpc) is 3.50. The number of pyridine rings is 1. The van der Waals surface area contributed by atoms with Gasteiger partial charge in [0.05, 0.1) is 11.9 Å². The standard InChI is InChI=1S/C21H17F3N4O3/c1-28(20(30)13-7-8-13)15-10-9-14(11-25-15)26-18(29)16-17(21(22,23)24)31-19(27-16)12-5-3-2-4-6-12/h2-6,9-11,13H,7-8H2,1H3,(H,26,29). The van der Waals surface area contributed by atoms with Crippen molar-refractivity contribution in [3.63, 3.8) is 0 Å². The Bertz CT molecular complexity index is 1110. The van der Waals surface area contributed by atoms with Gasteiger partial charge in [0, 0.05) is 18.5 Å². The molecule has 10 heteroatoms. The van der Waals surface area contributed by atoms with Gasteiger partial charge in [-0.2, -0.15) is 13.2 Å². The minimum atomic E-state index is -4.90. The molecule has 4 rings (SSSR count). The molecular formula is C21H17F3N4O3. The summed E-state index contributed by atoms with van der Waals surface area (Å²) in [4.78, 5) is 33.9. The maximum atomic E-state index is 13.4. The van der Waals surface area contributed by atoms with E-state index >= 15 is 0 Å². The minimum Gasteiger partial charge on any atom is -0.431 e. The second-order valence-corrected chi connectivity index (χ2v) is 7.09. The summed E-state index contributed by atoms with van der Waals surface area (Å²) in [6, 6.07) is 10.9. The Kier molecular flexibility index (Phi) is 5.22. The third-order valence-corrected chi connectivity index (χ3v) is 4.73. The van der Waals surface area contributed by atoms with E-state index in [2.05, 4.69) is 15.3 Å². The highest BCUT2D eigenvalue weighted by molar-refractivity contribution is 6.04. The maximum Gasteiger partial charge on any atom is 0.452 e. The molecule has 1 aliphatic rings. The number of aromatic nitrogens is 2. The van der Waals surface area contributed by atoms with Crippen molar-refractivity contribution in [2.45, 2.75) is 19.0 Å². The van der Waals surface area contributed by atoms with Gasteiger partial charge in [-0.05, 0) is 37.1 Å². The smallest absolute Gasteiger partial charge is 0.431 e. The number of oxazole rings is 1. The van der Waals surface area contributed by atoms with E-state index in [9.17, 15) is 22.8 Å².